The van der Waals surface area contributed by atoms with Gasteiger partial charge in [-0.05, 0) is 18.1 Å². The van der Waals surface area contributed by atoms with Crippen molar-refractivity contribution in [3.05, 3.63) is 23.8 Å². The van der Waals surface area contributed by atoms with Crippen LogP contribution in [0.2, 0.25) is 0 Å². The molecule has 0 aliphatic rings. The Balaban J connectivity index is 3.11. The lowest BCUT2D eigenvalue weighted by atomic mass is 10.2. The highest BCUT2D eigenvalue weighted by molar-refractivity contribution is 8.13. The maximum absolute atomic E-state index is 13.4. The molecular formula is C10H11ClF2O3S. The van der Waals surface area contributed by atoms with Crippen molar-refractivity contribution in [3.8, 4) is 5.75 Å². The Labute approximate surface area is 103 Å². The largest absolute Gasteiger partial charge is 0.490 e. The number of benzene rings is 1. The molecule has 1 rings (SSSR count). The second-order valence-electron chi connectivity index (χ2n) is 3.83. The standard InChI is InChI=1S/C10H11ClF2O3S/c1-6(2)5-16-7-3-4-8(17(11,14)15)10(13)9(7)12/h3-4,6H,5H2,1-2H3. The van der Waals surface area contributed by atoms with Crippen molar-refractivity contribution in [3.63, 3.8) is 0 Å². The summed E-state index contributed by atoms with van der Waals surface area (Å²) in [5.74, 6) is -3.08. The van der Waals surface area contributed by atoms with Crippen LogP contribution in [0.25, 0.3) is 0 Å². The average Bonchev–Trinajstić information content (AvgIpc) is 2.18. The van der Waals surface area contributed by atoms with E-state index in [0.717, 1.165) is 12.1 Å². The first-order valence-electron chi connectivity index (χ1n) is 4.79. The van der Waals surface area contributed by atoms with Crippen molar-refractivity contribution in [2.75, 3.05) is 6.61 Å². The van der Waals surface area contributed by atoms with E-state index in [9.17, 15) is 17.2 Å². The van der Waals surface area contributed by atoms with Gasteiger partial charge in [-0.2, -0.15) is 4.39 Å². The van der Waals surface area contributed by atoms with Crippen molar-refractivity contribution < 1.29 is 21.9 Å². The third-order valence-electron chi connectivity index (χ3n) is 1.85. The van der Waals surface area contributed by atoms with E-state index in [4.69, 9.17) is 15.4 Å². The molecule has 17 heavy (non-hydrogen) atoms. The van der Waals surface area contributed by atoms with Gasteiger partial charge in [-0.3, -0.25) is 0 Å². The Morgan fingerprint density at radius 3 is 2.35 bits per heavy atom. The van der Waals surface area contributed by atoms with Crippen LogP contribution >= 0.6 is 10.7 Å². The summed E-state index contributed by atoms with van der Waals surface area (Å²) in [6.07, 6.45) is 0. The van der Waals surface area contributed by atoms with Crippen LogP contribution in [-0.2, 0) is 9.05 Å². The molecule has 0 fully saturated rings. The predicted octanol–water partition coefficient (Wildman–Crippen LogP) is 2.93. The minimum atomic E-state index is -4.30. The summed E-state index contributed by atoms with van der Waals surface area (Å²) < 4.78 is 53.6. The molecule has 3 nitrogen and oxygen atoms in total. The van der Waals surface area contributed by atoms with Gasteiger partial charge in [0.1, 0.15) is 4.90 Å². The summed E-state index contributed by atoms with van der Waals surface area (Å²) in [7, 11) is 0.638. The van der Waals surface area contributed by atoms with Crippen LogP contribution in [0.3, 0.4) is 0 Å². The molecule has 0 spiro atoms. The van der Waals surface area contributed by atoms with Gasteiger partial charge in [0.15, 0.2) is 11.6 Å². The molecule has 1 aromatic carbocycles. The summed E-state index contributed by atoms with van der Waals surface area (Å²) in [4.78, 5) is -0.895. The van der Waals surface area contributed by atoms with Gasteiger partial charge in [-0.1, -0.05) is 13.8 Å². The molecule has 0 aliphatic heterocycles. The number of rotatable bonds is 4. The molecule has 7 heteroatoms. The lowest BCUT2D eigenvalue weighted by Gasteiger charge is -2.10. The Kier molecular flexibility index (Phi) is 4.32. The number of hydrogen-bond donors (Lipinski definition) is 0. The highest BCUT2D eigenvalue weighted by Crippen LogP contribution is 2.27. The van der Waals surface area contributed by atoms with Crippen molar-refractivity contribution in [2.45, 2.75) is 18.7 Å². The van der Waals surface area contributed by atoms with E-state index in [1.54, 1.807) is 0 Å². The Hall–Kier alpha value is -0.880. The normalized spacial score (nSPS) is 11.9. The van der Waals surface area contributed by atoms with Gasteiger partial charge in [0.2, 0.25) is 5.82 Å². The lowest BCUT2D eigenvalue weighted by molar-refractivity contribution is 0.254. The van der Waals surface area contributed by atoms with Crippen LogP contribution in [0, 0.1) is 17.6 Å². The Morgan fingerprint density at radius 2 is 1.88 bits per heavy atom. The van der Waals surface area contributed by atoms with E-state index in [1.165, 1.54) is 0 Å². The van der Waals surface area contributed by atoms with Gasteiger partial charge in [-0.25, -0.2) is 12.8 Å². The molecule has 0 atom stereocenters. The zero-order chi connectivity index (χ0) is 13.2. The quantitative estimate of drug-likeness (QED) is 0.799. The highest BCUT2D eigenvalue weighted by Gasteiger charge is 2.22. The van der Waals surface area contributed by atoms with E-state index in [1.807, 2.05) is 13.8 Å². The molecule has 0 saturated carbocycles. The van der Waals surface area contributed by atoms with Gasteiger partial charge in [0, 0.05) is 10.7 Å². The van der Waals surface area contributed by atoms with Gasteiger partial charge in [0.25, 0.3) is 9.05 Å². The third-order valence-corrected chi connectivity index (χ3v) is 3.19. The smallest absolute Gasteiger partial charge is 0.264 e. The molecule has 0 radical (unpaired) electrons. The fourth-order valence-electron chi connectivity index (χ4n) is 1.07. The predicted molar refractivity (Wildman–Crippen MR) is 59.7 cm³/mol. The first-order valence-corrected chi connectivity index (χ1v) is 7.10. The van der Waals surface area contributed by atoms with E-state index >= 15 is 0 Å². The zero-order valence-corrected chi connectivity index (χ0v) is 10.8. The topological polar surface area (TPSA) is 43.4 Å². The Morgan fingerprint density at radius 1 is 1.29 bits per heavy atom. The van der Waals surface area contributed by atoms with Gasteiger partial charge >= 0.3 is 0 Å². The second kappa shape index (κ2) is 5.18. The molecule has 0 bridgehead atoms. The second-order valence-corrected chi connectivity index (χ2v) is 6.37. The minimum Gasteiger partial charge on any atom is -0.490 e. The first kappa shape index (κ1) is 14.2. The van der Waals surface area contributed by atoms with Crippen LogP contribution < -0.4 is 4.74 Å². The van der Waals surface area contributed by atoms with Crippen LogP contribution in [0.1, 0.15) is 13.8 Å². The van der Waals surface area contributed by atoms with Crippen LogP contribution in [0.15, 0.2) is 17.0 Å². The van der Waals surface area contributed by atoms with Gasteiger partial charge < -0.3 is 4.74 Å². The van der Waals surface area contributed by atoms with Gasteiger partial charge in [-0.15, -0.1) is 0 Å². The molecule has 0 saturated heterocycles. The SMILES string of the molecule is CC(C)COc1ccc(S(=O)(=O)Cl)c(F)c1F. The molecule has 0 N–H and O–H groups in total. The molecule has 0 aliphatic carbocycles. The van der Waals surface area contributed by atoms with Crippen molar-refractivity contribution >= 4 is 19.7 Å². The number of ether oxygens (including phenoxy) is 1. The summed E-state index contributed by atoms with van der Waals surface area (Å²) >= 11 is 0. The maximum atomic E-state index is 13.4. The third kappa shape index (κ3) is 3.54. The molecule has 0 amide bonds. The van der Waals surface area contributed by atoms with Gasteiger partial charge in [0.05, 0.1) is 6.61 Å². The molecular weight excluding hydrogens is 274 g/mol. The maximum Gasteiger partial charge on any atom is 0.264 e. The first-order chi connectivity index (χ1) is 7.73. The van der Waals surface area contributed by atoms with Crippen molar-refractivity contribution in [1.82, 2.24) is 0 Å². The van der Waals surface area contributed by atoms with E-state index in [-0.39, 0.29) is 18.3 Å². The Bertz CT molecular complexity index is 515. The minimum absolute atomic E-state index is 0.133. The monoisotopic (exact) mass is 284 g/mol. The van der Waals surface area contributed by atoms with Crippen LogP contribution in [0.5, 0.6) is 5.75 Å². The van der Waals surface area contributed by atoms with Crippen molar-refractivity contribution in [1.29, 1.82) is 0 Å². The van der Waals surface area contributed by atoms with E-state index < -0.39 is 25.6 Å². The molecule has 0 unspecified atom stereocenters. The van der Waals surface area contributed by atoms with E-state index in [0.29, 0.717) is 0 Å². The summed E-state index contributed by atoms with van der Waals surface area (Å²) in [5, 5.41) is 0. The van der Waals surface area contributed by atoms with Crippen LogP contribution in [-0.4, -0.2) is 15.0 Å². The number of hydrogen-bond acceptors (Lipinski definition) is 3. The summed E-state index contributed by atoms with van der Waals surface area (Å²) in [5.41, 5.74) is 0. The number of halogens is 3. The molecule has 0 heterocycles. The molecule has 96 valence electrons. The summed E-state index contributed by atoms with van der Waals surface area (Å²) in [6.45, 7) is 3.88. The lowest BCUT2D eigenvalue weighted by Crippen LogP contribution is -2.07. The van der Waals surface area contributed by atoms with Crippen LogP contribution in [0.4, 0.5) is 8.78 Å². The summed E-state index contributed by atoms with van der Waals surface area (Å²) in [6, 6.07) is 1.91. The fourth-order valence-corrected chi connectivity index (χ4v) is 1.96. The van der Waals surface area contributed by atoms with Crippen molar-refractivity contribution in [2.24, 2.45) is 5.92 Å². The van der Waals surface area contributed by atoms with E-state index in [2.05, 4.69) is 0 Å². The average molecular weight is 285 g/mol. The molecule has 0 aromatic heterocycles. The molecule has 1 aromatic rings. The highest BCUT2D eigenvalue weighted by atomic mass is 35.7. The zero-order valence-electron chi connectivity index (χ0n) is 9.21. The fraction of sp³-hybridized carbons (Fsp3) is 0.400.